The number of hydrogen-bond donors (Lipinski definition) is 2. The van der Waals surface area contributed by atoms with Gasteiger partial charge in [-0.15, -0.1) is 0 Å². The Morgan fingerprint density at radius 2 is 1.93 bits per heavy atom. The van der Waals surface area contributed by atoms with Crippen molar-refractivity contribution in [2.75, 3.05) is 0 Å². The van der Waals surface area contributed by atoms with E-state index in [0.717, 1.165) is 25.0 Å². The van der Waals surface area contributed by atoms with E-state index in [-0.39, 0.29) is 23.4 Å². The van der Waals surface area contributed by atoms with Crippen molar-refractivity contribution in [3.8, 4) is 5.75 Å². The van der Waals surface area contributed by atoms with E-state index in [2.05, 4.69) is 15.0 Å². The average Bonchev–Trinajstić information content (AvgIpc) is 3.42. The Kier molecular flexibility index (Phi) is 5.17. The Labute approximate surface area is 164 Å². The maximum Gasteiger partial charge on any atom is 0.387 e. The van der Waals surface area contributed by atoms with Crippen molar-refractivity contribution in [1.29, 1.82) is 0 Å². The number of pyridine rings is 1. The highest BCUT2D eigenvalue weighted by atomic mass is 19.3. The molecule has 2 N–H and O–H groups in total. The lowest BCUT2D eigenvalue weighted by Crippen LogP contribution is -2.23. The first-order chi connectivity index (χ1) is 13.9. The van der Waals surface area contributed by atoms with Gasteiger partial charge in [-0.1, -0.05) is 18.2 Å². The van der Waals surface area contributed by atoms with Crippen molar-refractivity contribution < 1.29 is 22.7 Å². The highest BCUT2D eigenvalue weighted by molar-refractivity contribution is 5.82. The molecule has 1 saturated heterocycles. The van der Waals surface area contributed by atoms with E-state index in [4.69, 9.17) is 0 Å². The molecule has 0 unspecified atom stereocenters. The summed E-state index contributed by atoms with van der Waals surface area (Å²) < 4.78 is 43.3. The summed E-state index contributed by atoms with van der Waals surface area (Å²) in [6.45, 7) is -3.13. The molecule has 0 spiro atoms. The van der Waals surface area contributed by atoms with Gasteiger partial charge in [-0.3, -0.25) is 9.59 Å². The lowest BCUT2D eigenvalue weighted by molar-refractivity contribution is -0.119. The van der Waals surface area contributed by atoms with Crippen LogP contribution in [0.25, 0.3) is 5.57 Å². The number of halogens is 3. The second-order valence-electron chi connectivity index (χ2n) is 7.25. The van der Waals surface area contributed by atoms with E-state index in [0.29, 0.717) is 35.2 Å². The second kappa shape index (κ2) is 7.77. The van der Waals surface area contributed by atoms with Crippen LogP contribution in [-0.4, -0.2) is 23.5 Å². The Balaban J connectivity index is 1.74. The summed E-state index contributed by atoms with van der Waals surface area (Å²) in [7, 11) is 0. The van der Waals surface area contributed by atoms with Crippen LogP contribution < -0.4 is 15.6 Å². The third kappa shape index (κ3) is 4.36. The molecule has 1 aromatic carbocycles. The first-order valence-corrected chi connectivity index (χ1v) is 9.40. The van der Waals surface area contributed by atoms with Crippen LogP contribution >= 0.6 is 0 Å². The Morgan fingerprint density at radius 3 is 2.52 bits per heavy atom. The Hall–Kier alpha value is -3.03. The monoisotopic (exact) mass is 404 g/mol. The fourth-order valence-corrected chi connectivity index (χ4v) is 3.52. The van der Waals surface area contributed by atoms with Crippen LogP contribution in [0.5, 0.6) is 5.75 Å². The second-order valence-corrected chi connectivity index (χ2v) is 7.25. The topological polar surface area (TPSA) is 71.2 Å². The molecule has 0 bridgehead atoms. The molecule has 2 aliphatic rings. The number of H-pyrrole nitrogens is 1. The molecular weight excluding hydrogens is 385 g/mol. The van der Waals surface area contributed by atoms with E-state index >= 15 is 0 Å². The number of rotatable bonds is 6. The lowest BCUT2D eigenvalue weighted by Gasteiger charge is -2.14. The molecule has 152 valence electrons. The number of ether oxygens (including phenoxy) is 1. The number of aromatic nitrogens is 1. The Morgan fingerprint density at radius 1 is 1.14 bits per heavy atom. The lowest BCUT2D eigenvalue weighted by atomic mass is 9.98. The van der Waals surface area contributed by atoms with Crippen LogP contribution in [0.4, 0.5) is 13.2 Å². The van der Waals surface area contributed by atoms with Gasteiger partial charge in [-0.25, -0.2) is 4.39 Å². The van der Waals surface area contributed by atoms with Crippen LogP contribution in [-0.2, 0) is 4.79 Å². The fourth-order valence-electron chi connectivity index (χ4n) is 3.52. The molecule has 1 atom stereocenters. The molecule has 1 aliphatic carbocycles. The molecule has 2 aromatic rings. The summed E-state index contributed by atoms with van der Waals surface area (Å²) in [6, 6.07) is 6.87. The number of carbonyl (C=O) groups excluding carboxylic acids is 1. The molecule has 2 heterocycles. The summed E-state index contributed by atoms with van der Waals surface area (Å²) in [6.07, 6.45) is 4.66. The number of carbonyl (C=O) groups is 1. The van der Waals surface area contributed by atoms with Gasteiger partial charge in [-0.05, 0) is 48.9 Å². The first kappa shape index (κ1) is 19.3. The Bertz CT molecular complexity index is 1030. The number of alkyl halides is 2. The zero-order chi connectivity index (χ0) is 20.5. The van der Waals surface area contributed by atoms with Gasteiger partial charge in [0.05, 0.1) is 0 Å². The number of benzene rings is 1. The SMILES string of the molecule is O=C1CC[C@H](/C=C(/c2ccc(OC(F)F)c(F)c2)c2ccc(C3CC3)c(=O)[nH]2)N1. The largest absolute Gasteiger partial charge is 0.432 e. The normalized spacial score (nSPS) is 19.5. The van der Waals surface area contributed by atoms with Crippen molar-refractivity contribution in [2.45, 2.75) is 44.3 Å². The molecule has 4 rings (SSSR count). The average molecular weight is 404 g/mol. The van der Waals surface area contributed by atoms with E-state index in [1.807, 2.05) is 0 Å². The van der Waals surface area contributed by atoms with E-state index in [9.17, 15) is 22.8 Å². The van der Waals surface area contributed by atoms with Gasteiger partial charge in [-0.2, -0.15) is 8.78 Å². The molecule has 5 nitrogen and oxygen atoms in total. The standard InChI is InChI=1S/C21H19F3N2O3/c22-16-9-12(3-7-18(16)29-21(23)24)15(10-13-4-8-19(27)25-13)17-6-5-14(11-1-2-11)20(28)26-17/h3,5-7,9-11,13,21H,1-2,4,8H2,(H,25,27)(H,26,28)/b15-10-/t13-/m1/s1. The van der Waals surface area contributed by atoms with Crippen LogP contribution in [0.2, 0.25) is 0 Å². The minimum atomic E-state index is -3.13. The first-order valence-electron chi connectivity index (χ1n) is 9.40. The molecule has 29 heavy (non-hydrogen) atoms. The van der Waals surface area contributed by atoms with Gasteiger partial charge in [0.1, 0.15) is 0 Å². The van der Waals surface area contributed by atoms with Gasteiger partial charge in [0.25, 0.3) is 5.56 Å². The highest BCUT2D eigenvalue weighted by Gasteiger charge is 2.27. The molecule has 2 fully saturated rings. The number of nitrogens with one attached hydrogen (secondary N) is 2. The molecule has 0 radical (unpaired) electrons. The van der Waals surface area contributed by atoms with E-state index in [1.54, 1.807) is 18.2 Å². The summed E-state index contributed by atoms with van der Waals surface area (Å²) in [4.78, 5) is 26.8. The van der Waals surface area contributed by atoms with Crippen LogP contribution in [0.15, 0.2) is 41.2 Å². The van der Waals surface area contributed by atoms with Gasteiger partial charge in [0.2, 0.25) is 5.91 Å². The van der Waals surface area contributed by atoms with Crippen molar-refractivity contribution in [2.24, 2.45) is 0 Å². The zero-order valence-electron chi connectivity index (χ0n) is 15.4. The van der Waals surface area contributed by atoms with Crippen molar-refractivity contribution in [1.82, 2.24) is 10.3 Å². The smallest absolute Gasteiger partial charge is 0.387 e. The van der Waals surface area contributed by atoms with Gasteiger partial charge in [0.15, 0.2) is 11.6 Å². The third-order valence-electron chi connectivity index (χ3n) is 5.10. The van der Waals surface area contributed by atoms with Crippen LogP contribution in [0, 0.1) is 5.82 Å². The van der Waals surface area contributed by atoms with E-state index < -0.39 is 18.2 Å². The van der Waals surface area contributed by atoms with Crippen molar-refractivity contribution in [3.05, 3.63) is 69.4 Å². The molecule has 1 aliphatic heterocycles. The highest BCUT2D eigenvalue weighted by Crippen LogP contribution is 2.38. The molecular formula is C21H19F3N2O3. The fraction of sp³-hybridized carbons (Fsp3) is 0.333. The maximum absolute atomic E-state index is 14.3. The minimum absolute atomic E-state index is 0.0879. The molecule has 1 saturated carbocycles. The summed E-state index contributed by atoms with van der Waals surface area (Å²) in [5.74, 6) is -1.32. The maximum atomic E-state index is 14.3. The van der Waals surface area contributed by atoms with Crippen LogP contribution in [0.3, 0.4) is 0 Å². The predicted octanol–water partition coefficient (Wildman–Crippen LogP) is 3.70. The van der Waals surface area contributed by atoms with Gasteiger partial charge in [0, 0.05) is 29.3 Å². The zero-order valence-corrected chi connectivity index (χ0v) is 15.4. The number of amides is 1. The molecule has 1 amide bonds. The van der Waals surface area contributed by atoms with Crippen molar-refractivity contribution >= 4 is 11.5 Å². The predicted molar refractivity (Wildman–Crippen MR) is 100 cm³/mol. The number of aromatic amines is 1. The van der Waals surface area contributed by atoms with E-state index in [1.165, 1.54) is 6.07 Å². The molecule has 8 heteroatoms. The summed E-state index contributed by atoms with van der Waals surface area (Å²) in [5.41, 5.74) is 1.85. The van der Waals surface area contributed by atoms with Crippen molar-refractivity contribution in [3.63, 3.8) is 0 Å². The number of hydrogen-bond acceptors (Lipinski definition) is 3. The summed E-state index contributed by atoms with van der Waals surface area (Å²) in [5, 5.41) is 2.81. The quantitative estimate of drug-likeness (QED) is 0.771. The molecule has 1 aromatic heterocycles. The minimum Gasteiger partial charge on any atom is -0.432 e. The summed E-state index contributed by atoms with van der Waals surface area (Å²) >= 11 is 0. The third-order valence-corrected chi connectivity index (χ3v) is 5.10. The van der Waals surface area contributed by atoms with Gasteiger partial charge < -0.3 is 15.0 Å². The van der Waals surface area contributed by atoms with Gasteiger partial charge >= 0.3 is 6.61 Å². The van der Waals surface area contributed by atoms with Crippen LogP contribution in [0.1, 0.15) is 48.4 Å².